The zero-order chi connectivity index (χ0) is 11.4. The molecule has 0 saturated heterocycles. The van der Waals surface area contributed by atoms with Gasteiger partial charge in [-0.2, -0.15) is 0 Å². The molecule has 0 rings (SSSR count). The van der Waals surface area contributed by atoms with Crippen LogP contribution in [-0.2, 0) is 14.2 Å². The summed E-state index contributed by atoms with van der Waals surface area (Å²) in [5.74, 6) is 0.681. The van der Waals surface area contributed by atoms with Gasteiger partial charge >= 0.3 is 0 Å². The largest absolute Gasteiger partial charge is 0.379 e. The molecule has 3 nitrogen and oxygen atoms in total. The van der Waals surface area contributed by atoms with Crippen LogP contribution < -0.4 is 0 Å². The summed E-state index contributed by atoms with van der Waals surface area (Å²) in [5.41, 5.74) is 0. The molecule has 0 unspecified atom stereocenters. The molecule has 15 heavy (non-hydrogen) atoms. The van der Waals surface area contributed by atoms with Gasteiger partial charge in [-0.1, -0.05) is 13.8 Å². The maximum atomic E-state index is 11.6. The SMILES string of the molecule is CC(C)CCOCCOCCOCCF. The van der Waals surface area contributed by atoms with Crippen molar-refractivity contribution in [1.29, 1.82) is 0 Å². The summed E-state index contributed by atoms with van der Waals surface area (Å²) < 4.78 is 27.0. The molecule has 0 aliphatic carbocycles. The number of hydrogen-bond donors (Lipinski definition) is 0. The van der Waals surface area contributed by atoms with Gasteiger partial charge in [0.25, 0.3) is 0 Å². The molecule has 0 amide bonds. The zero-order valence-corrected chi connectivity index (χ0v) is 9.84. The summed E-state index contributed by atoms with van der Waals surface area (Å²) in [6.45, 7) is 7.02. The highest BCUT2D eigenvalue weighted by Crippen LogP contribution is 1.98. The van der Waals surface area contributed by atoms with Crippen molar-refractivity contribution in [3.05, 3.63) is 0 Å². The molecule has 0 aliphatic rings. The summed E-state index contributed by atoms with van der Waals surface area (Å²) >= 11 is 0. The van der Waals surface area contributed by atoms with E-state index in [1.54, 1.807) is 0 Å². The first kappa shape index (κ1) is 14.8. The summed E-state index contributed by atoms with van der Waals surface area (Å²) in [6, 6.07) is 0. The van der Waals surface area contributed by atoms with Crippen molar-refractivity contribution in [1.82, 2.24) is 0 Å². The highest BCUT2D eigenvalue weighted by Gasteiger charge is 1.94. The lowest BCUT2D eigenvalue weighted by atomic mass is 10.1. The first-order valence-corrected chi connectivity index (χ1v) is 5.56. The monoisotopic (exact) mass is 222 g/mol. The van der Waals surface area contributed by atoms with Crippen molar-refractivity contribution in [2.75, 3.05) is 46.3 Å². The van der Waals surface area contributed by atoms with Gasteiger partial charge in [-0.25, -0.2) is 4.39 Å². The molecule has 92 valence electrons. The van der Waals surface area contributed by atoms with Gasteiger partial charge in [0.1, 0.15) is 6.67 Å². The average Bonchev–Trinajstić information content (AvgIpc) is 2.20. The van der Waals surface area contributed by atoms with Gasteiger partial charge in [0, 0.05) is 6.61 Å². The van der Waals surface area contributed by atoms with Crippen molar-refractivity contribution in [3.63, 3.8) is 0 Å². The van der Waals surface area contributed by atoms with Crippen LogP contribution in [0.25, 0.3) is 0 Å². The van der Waals surface area contributed by atoms with Gasteiger partial charge in [-0.3, -0.25) is 0 Å². The number of hydrogen-bond acceptors (Lipinski definition) is 3. The molecule has 0 aromatic rings. The normalized spacial score (nSPS) is 11.2. The molecule has 0 atom stereocenters. The van der Waals surface area contributed by atoms with E-state index in [4.69, 9.17) is 14.2 Å². The summed E-state index contributed by atoms with van der Waals surface area (Å²) in [6.07, 6.45) is 1.08. The molecular formula is C11H23FO3. The van der Waals surface area contributed by atoms with Crippen LogP contribution in [-0.4, -0.2) is 46.3 Å². The van der Waals surface area contributed by atoms with Crippen LogP contribution >= 0.6 is 0 Å². The van der Waals surface area contributed by atoms with E-state index in [9.17, 15) is 4.39 Å². The zero-order valence-electron chi connectivity index (χ0n) is 9.84. The third kappa shape index (κ3) is 13.8. The first-order valence-electron chi connectivity index (χ1n) is 5.56. The molecule has 0 radical (unpaired) electrons. The van der Waals surface area contributed by atoms with Gasteiger partial charge in [-0.05, 0) is 12.3 Å². The van der Waals surface area contributed by atoms with Gasteiger partial charge in [0.2, 0.25) is 0 Å². The van der Waals surface area contributed by atoms with Crippen LogP contribution in [0.3, 0.4) is 0 Å². The molecule has 0 fully saturated rings. The highest BCUT2D eigenvalue weighted by molar-refractivity contribution is 4.42. The number of rotatable bonds is 11. The van der Waals surface area contributed by atoms with Crippen molar-refractivity contribution in [3.8, 4) is 0 Å². The van der Waals surface area contributed by atoms with E-state index < -0.39 is 6.67 Å². The second kappa shape index (κ2) is 11.9. The molecule has 0 N–H and O–H groups in total. The molecule has 0 heterocycles. The van der Waals surface area contributed by atoms with Crippen LogP contribution in [0.5, 0.6) is 0 Å². The van der Waals surface area contributed by atoms with Crippen molar-refractivity contribution in [2.24, 2.45) is 5.92 Å². The first-order chi connectivity index (χ1) is 7.27. The predicted molar refractivity (Wildman–Crippen MR) is 57.9 cm³/mol. The number of ether oxygens (including phenoxy) is 3. The molecule has 0 aromatic carbocycles. The Kier molecular flexibility index (Phi) is 11.7. The summed E-state index contributed by atoms with van der Waals surface area (Å²) in [4.78, 5) is 0. The van der Waals surface area contributed by atoms with E-state index in [-0.39, 0.29) is 6.61 Å². The lowest BCUT2D eigenvalue weighted by Gasteiger charge is -2.07. The molecular weight excluding hydrogens is 199 g/mol. The third-order valence-corrected chi connectivity index (χ3v) is 1.81. The number of halogens is 1. The second-order valence-electron chi connectivity index (χ2n) is 3.71. The molecule has 0 aromatic heterocycles. The van der Waals surface area contributed by atoms with Crippen molar-refractivity contribution < 1.29 is 18.6 Å². The summed E-state index contributed by atoms with van der Waals surface area (Å²) in [5, 5.41) is 0. The van der Waals surface area contributed by atoms with Gasteiger partial charge in [0.05, 0.1) is 33.0 Å². The smallest absolute Gasteiger partial charge is 0.113 e. The lowest BCUT2D eigenvalue weighted by molar-refractivity contribution is 0.0107. The standard InChI is InChI=1S/C11H23FO3/c1-11(2)3-5-13-7-9-15-10-8-14-6-4-12/h11H,3-10H2,1-2H3. The maximum Gasteiger partial charge on any atom is 0.113 e. The van der Waals surface area contributed by atoms with E-state index in [2.05, 4.69) is 13.8 Å². The minimum Gasteiger partial charge on any atom is -0.379 e. The van der Waals surface area contributed by atoms with Gasteiger partial charge in [0.15, 0.2) is 0 Å². The van der Waals surface area contributed by atoms with Crippen LogP contribution in [0, 0.1) is 5.92 Å². The highest BCUT2D eigenvalue weighted by atomic mass is 19.1. The quantitative estimate of drug-likeness (QED) is 0.501. The van der Waals surface area contributed by atoms with Crippen LogP contribution in [0.1, 0.15) is 20.3 Å². The maximum absolute atomic E-state index is 11.6. The van der Waals surface area contributed by atoms with E-state index in [0.29, 0.717) is 32.3 Å². The fraction of sp³-hybridized carbons (Fsp3) is 1.00. The fourth-order valence-corrected chi connectivity index (χ4v) is 0.915. The lowest BCUT2D eigenvalue weighted by Crippen LogP contribution is -2.11. The van der Waals surface area contributed by atoms with Gasteiger partial charge < -0.3 is 14.2 Å². The Hall–Kier alpha value is -0.190. The van der Waals surface area contributed by atoms with Crippen LogP contribution in [0.4, 0.5) is 4.39 Å². The topological polar surface area (TPSA) is 27.7 Å². The fourth-order valence-electron chi connectivity index (χ4n) is 0.915. The van der Waals surface area contributed by atoms with Crippen LogP contribution in [0.15, 0.2) is 0 Å². The molecule has 0 spiro atoms. The minimum absolute atomic E-state index is 0.161. The predicted octanol–water partition coefficient (Wildman–Crippen LogP) is 2.05. The third-order valence-electron chi connectivity index (χ3n) is 1.81. The van der Waals surface area contributed by atoms with E-state index >= 15 is 0 Å². The average molecular weight is 222 g/mol. The molecule has 0 bridgehead atoms. The number of alkyl halides is 1. The van der Waals surface area contributed by atoms with Gasteiger partial charge in [-0.15, -0.1) is 0 Å². The Bertz CT molecular complexity index is 120. The molecule has 0 saturated carbocycles. The summed E-state index contributed by atoms with van der Waals surface area (Å²) in [7, 11) is 0. The Morgan fingerprint density at radius 1 is 0.800 bits per heavy atom. The van der Waals surface area contributed by atoms with E-state index in [0.717, 1.165) is 13.0 Å². The molecule has 4 heteroatoms. The molecule has 0 aliphatic heterocycles. The Morgan fingerprint density at radius 3 is 1.73 bits per heavy atom. The van der Waals surface area contributed by atoms with E-state index in [1.165, 1.54) is 0 Å². The van der Waals surface area contributed by atoms with E-state index in [1.807, 2.05) is 0 Å². The van der Waals surface area contributed by atoms with Crippen molar-refractivity contribution >= 4 is 0 Å². The second-order valence-corrected chi connectivity index (χ2v) is 3.71. The Morgan fingerprint density at radius 2 is 1.27 bits per heavy atom. The van der Waals surface area contributed by atoms with Crippen LogP contribution in [0.2, 0.25) is 0 Å². The van der Waals surface area contributed by atoms with Crippen molar-refractivity contribution in [2.45, 2.75) is 20.3 Å². The minimum atomic E-state index is -0.432. The Labute approximate surface area is 91.9 Å². The Balaban J connectivity index is 2.87.